The third-order valence-electron chi connectivity index (χ3n) is 6.04. The molecule has 2 aromatic rings. The zero-order chi connectivity index (χ0) is 21.2. The summed E-state index contributed by atoms with van der Waals surface area (Å²) in [7, 11) is 2.74. The molecule has 6 heteroatoms. The van der Waals surface area contributed by atoms with Gasteiger partial charge < -0.3 is 17.7 Å². The van der Waals surface area contributed by atoms with Crippen LogP contribution in [0.4, 0.5) is 0 Å². The quantitative estimate of drug-likeness (QED) is 0.614. The van der Waals surface area contributed by atoms with E-state index in [1.165, 1.54) is 32.1 Å². The molecule has 0 unspecified atom stereocenters. The predicted octanol–water partition coefficient (Wildman–Crippen LogP) is 4.22. The van der Waals surface area contributed by atoms with E-state index in [0.717, 1.165) is 15.9 Å². The third-order valence-corrected chi connectivity index (χ3v) is 13.1. The van der Waals surface area contributed by atoms with E-state index < -0.39 is 17.1 Å². The average molecular weight is 433 g/mol. The fraction of sp³-hybridized carbons (Fsp3) is 0.478. The lowest BCUT2D eigenvalue weighted by molar-refractivity contribution is 0.224. The van der Waals surface area contributed by atoms with Gasteiger partial charge in [0.1, 0.15) is 0 Å². The first-order valence-electron chi connectivity index (χ1n) is 10.4. The lowest BCUT2D eigenvalue weighted by Gasteiger charge is -2.34. The minimum Gasteiger partial charge on any atom is -0.398 e. The van der Waals surface area contributed by atoms with Gasteiger partial charge in [-0.15, -0.1) is 0 Å². The van der Waals surface area contributed by atoms with Crippen LogP contribution in [0.1, 0.15) is 32.1 Å². The van der Waals surface area contributed by atoms with Crippen molar-refractivity contribution < 1.29 is 17.7 Å². The zero-order valence-corrected chi connectivity index (χ0v) is 20.5. The smallest absolute Gasteiger partial charge is 0.398 e. The van der Waals surface area contributed by atoms with Gasteiger partial charge in [0.05, 0.1) is 0 Å². The fourth-order valence-corrected chi connectivity index (χ4v) is 9.08. The van der Waals surface area contributed by atoms with Crippen molar-refractivity contribution in [2.24, 2.45) is 0 Å². The topological polar surface area (TPSA) is 36.9 Å². The summed E-state index contributed by atoms with van der Waals surface area (Å²) < 4.78 is 22.6. The van der Waals surface area contributed by atoms with Crippen molar-refractivity contribution in [3.63, 3.8) is 0 Å². The van der Waals surface area contributed by atoms with E-state index in [9.17, 15) is 0 Å². The lowest BCUT2D eigenvalue weighted by Crippen LogP contribution is -2.62. The van der Waals surface area contributed by atoms with E-state index in [1.807, 2.05) is 36.4 Å². The van der Waals surface area contributed by atoms with Gasteiger partial charge in [0, 0.05) is 34.0 Å². The maximum atomic E-state index is 5.78. The molecule has 0 atom stereocenters. The van der Waals surface area contributed by atoms with Crippen molar-refractivity contribution in [3.8, 4) is 0 Å². The molecule has 0 heterocycles. The van der Waals surface area contributed by atoms with E-state index in [0.29, 0.717) is 0 Å². The summed E-state index contributed by atoms with van der Waals surface area (Å²) in [5.74, 6) is 0. The van der Waals surface area contributed by atoms with Gasteiger partial charge in [-0.3, -0.25) is 0 Å². The van der Waals surface area contributed by atoms with Crippen LogP contribution >= 0.6 is 0 Å². The molecule has 2 aromatic carbocycles. The van der Waals surface area contributed by atoms with Gasteiger partial charge >= 0.3 is 17.1 Å². The molecule has 160 valence electrons. The molecule has 1 aliphatic carbocycles. The van der Waals surface area contributed by atoms with Crippen LogP contribution < -0.4 is 10.4 Å². The predicted molar refractivity (Wildman–Crippen MR) is 124 cm³/mol. The molecule has 0 radical (unpaired) electrons. The van der Waals surface area contributed by atoms with E-state index >= 15 is 0 Å². The molecule has 0 amide bonds. The van der Waals surface area contributed by atoms with Gasteiger partial charge in [0.2, 0.25) is 0 Å². The lowest BCUT2D eigenvalue weighted by atomic mass is 10.0. The van der Waals surface area contributed by atoms with Crippen LogP contribution in [0, 0.1) is 0 Å². The zero-order valence-electron chi connectivity index (χ0n) is 18.5. The van der Waals surface area contributed by atoms with Crippen LogP contribution in [0.3, 0.4) is 0 Å². The summed E-state index contributed by atoms with van der Waals surface area (Å²) in [6.07, 6.45) is 6.74. The van der Waals surface area contributed by atoms with Crippen molar-refractivity contribution in [2.45, 2.75) is 44.2 Å². The number of benzene rings is 2. The molecule has 0 aromatic heterocycles. The Labute approximate surface area is 178 Å². The van der Waals surface area contributed by atoms with Crippen LogP contribution in [-0.2, 0) is 17.7 Å². The second kappa shape index (κ2) is 11.8. The molecule has 0 spiro atoms. The Morgan fingerprint density at radius 3 is 1.38 bits per heavy atom. The first kappa shape index (κ1) is 24.0. The molecular formula is C23H36O4Si2. The minimum absolute atomic E-state index is 0.723. The Bertz CT molecular complexity index is 641. The summed E-state index contributed by atoms with van der Waals surface area (Å²) in [5.41, 5.74) is 0.723. The summed E-state index contributed by atoms with van der Waals surface area (Å²) in [4.78, 5) is 0. The first-order valence-corrected chi connectivity index (χ1v) is 14.6. The SMILES string of the molecule is CO[Si](C)(OC)C1CCCCC1.CO[Si](OC)(c1ccccc1)c1ccccc1. The van der Waals surface area contributed by atoms with E-state index in [2.05, 4.69) is 30.8 Å². The fourth-order valence-electron chi connectivity index (χ4n) is 4.08. The van der Waals surface area contributed by atoms with Gasteiger partial charge in [-0.05, 0) is 29.8 Å². The molecule has 29 heavy (non-hydrogen) atoms. The van der Waals surface area contributed by atoms with Gasteiger partial charge in [0.25, 0.3) is 0 Å². The van der Waals surface area contributed by atoms with Gasteiger partial charge in [-0.2, -0.15) is 0 Å². The van der Waals surface area contributed by atoms with Crippen LogP contribution in [0.5, 0.6) is 0 Å². The van der Waals surface area contributed by atoms with E-state index in [-0.39, 0.29) is 0 Å². The summed E-state index contributed by atoms with van der Waals surface area (Å²) in [6, 6.07) is 20.3. The van der Waals surface area contributed by atoms with Crippen molar-refractivity contribution in [2.75, 3.05) is 28.4 Å². The molecule has 1 fully saturated rings. The molecule has 0 aliphatic heterocycles. The highest BCUT2D eigenvalue weighted by molar-refractivity contribution is 6.92. The van der Waals surface area contributed by atoms with Crippen molar-refractivity contribution in [3.05, 3.63) is 60.7 Å². The van der Waals surface area contributed by atoms with Gasteiger partial charge in [-0.25, -0.2) is 0 Å². The molecule has 1 saturated carbocycles. The minimum atomic E-state index is -2.50. The third kappa shape index (κ3) is 5.87. The van der Waals surface area contributed by atoms with Crippen LogP contribution in [0.2, 0.25) is 12.1 Å². The monoisotopic (exact) mass is 432 g/mol. The Balaban J connectivity index is 0.000000221. The largest absolute Gasteiger partial charge is 0.406 e. The summed E-state index contributed by atoms with van der Waals surface area (Å²) >= 11 is 0. The van der Waals surface area contributed by atoms with Crippen LogP contribution in [0.25, 0.3) is 0 Å². The maximum absolute atomic E-state index is 5.78. The number of hydrogen-bond donors (Lipinski definition) is 0. The Morgan fingerprint density at radius 1 is 0.621 bits per heavy atom. The number of rotatable bonds is 7. The average Bonchev–Trinajstić information content (AvgIpc) is 2.82. The van der Waals surface area contributed by atoms with Crippen LogP contribution in [-0.4, -0.2) is 45.6 Å². The standard InChI is InChI=1S/C14H16O2Si.C9H20O2Si/c1-15-17(16-2,13-9-5-3-6-10-13)14-11-7-4-8-12-14;1-10-12(3,11-2)9-7-5-4-6-8-9/h3-12H,1-2H3;9H,4-8H2,1-3H3. The Kier molecular flexibility index (Phi) is 9.75. The van der Waals surface area contributed by atoms with Gasteiger partial charge in [0.15, 0.2) is 0 Å². The second-order valence-corrected chi connectivity index (χ2v) is 14.4. The van der Waals surface area contributed by atoms with Crippen molar-refractivity contribution >= 4 is 27.5 Å². The molecule has 4 nitrogen and oxygen atoms in total. The number of hydrogen-bond acceptors (Lipinski definition) is 4. The van der Waals surface area contributed by atoms with Crippen molar-refractivity contribution in [1.82, 2.24) is 0 Å². The maximum Gasteiger partial charge on any atom is 0.406 e. The highest BCUT2D eigenvalue weighted by atomic mass is 28.4. The Hall–Kier alpha value is -1.29. The molecule has 1 aliphatic rings. The highest BCUT2D eigenvalue weighted by Gasteiger charge is 2.40. The molecule has 0 bridgehead atoms. The molecule has 3 rings (SSSR count). The molecule has 0 N–H and O–H groups in total. The summed E-state index contributed by atoms with van der Waals surface area (Å²) in [6.45, 7) is 2.18. The molecular weight excluding hydrogens is 396 g/mol. The van der Waals surface area contributed by atoms with E-state index in [4.69, 9.17) is 17.7 Å². The van der Waals surface area contributed by atoms with Crippen molar-refractivity contribution in [1.29, 1.82) is 0 Å². The normalized spacial score (nSPS) is 15.5. The van der Waals surface area contributed by atoms with Crippen LogP contribution in [0.15, 0.2) is 60.7 Å². The van der Waals surface area contributed by atoms with E-state index in [1.54, 1.807) is 28.4 Å². The Morgan fingerprint density at radius 2 is 1.03 bits per heavy atom. The highest BCUT2D eigenvalue weighted by Crippen LogP contribution is 2.37. The second-order valence-electron chi connectivity index (χ2n) is 7.52. The van der Waals surface area contributed by atoms with Gasteiger partial charge in [-0.1, -0.05) is 79.9 Å². The summed E-state index contributed by atoms with van der Waals surface area (Å²) in [5, 5.41) is 2.24. The molecule has 0 saturated heterocycles. The first-order chi connectivity index (χ1) is 14.1.